The van der Waals surface area contributed by atoms with Crippen molar-refractivity contribution in [3.05, 3.63) is 47.3 Å². The summed E-state index contributed by atoms with van der Waals surface area (Å²) in [5.74, 6) is 1.18. The van der Waals surface area contributed by atoms with Crippen molar-refractivity contribution in [2.75, 3.05) is 46.3 Å². The summed E-state index contributed by atoms with van der Waals surface area (Å²) in [6, 6.07) is 8.62. The van der Waals surface area contributed by atoms with Gasteiger partial charge in [0.25, 0.3) is 5.91 Å². The Morgan fingerprint density at radius 2 is 1.98 bits per heavy atom. The van der Waals surface area contributed by atoms with E-state index >= 15 is 4.39 Å². The zero-order valence-corrected chi connectivity index (χ0v) is 27.9. The molecule has 248 valence electrons. The third kappa shape index (κ3) is 6.20. The minimum absolute atomic E-state index is 0.0447. The number of carbonyl (C=O) groups is 1. The number of fused-ring (bicyclic) bond motifs is 2. The standard InChI is InChI=1S/C35H51FN4O5/c1-19-27-14-23(35(27,3)4)15-29(19)38-16-30-32(20(2)42)31(18-41)45-40(30)17-26-28(36)10-9-25(33(26)44-8)21-11-22(34(43)37-5)13-24(12-21)39(6)7/h9-13,19-20,23,27,29-32,38,41-42H,14-18H2,1-8H3,(H,37,43)/t19-,20-,23+,27-,29-,30?,31-,32-/m0/s1. The Balaban J connectivity index is 1.46. The maximum atomic E-state index is 15.7. The minimum atomic E-state index is -0.745. The Morgan fingerprint density at radius 3 is 2.56 bits per heavy atom. The van der Waals surface area contributed by atoms with E-state index in [-0.39, 0.29) is 31.0 Å². The fourth-order valence-corrected chi connectivity index (χ4v) is 8.30. The lowest BCUT2D eigenvalue weighted by molar-refractivity contribution is -0.179. The summed E-state index contributed by atoms with van der Waals surface area (Å²) in [5.41, 5.74) is 3.31. The third-order valence-electron chi connectivity index (χ3n) is 11.2. The van der Waals surface area contributed by atoms with Crippen molar-refractivity contribution >= 4 is 11.6 Å². The monoisotopic (exact) mass is 626 g/mol. The van der Waals surface area contributed by atoms with Crippen LogP contribution in [0.4, 0.5) is 10.1 Å². The first kappa shape index (κ1) is 33.6. The number of aliphatic hydroxyl groups is 2. The molecule has 4 N–H and O–H groups in total. The lowest BCUT2D eigenvalue weighted by Gasteiger charge is -2.62. The van der Waals surface area contributed by atoms with Crippen molar-refractivity contribution in [3.63, 3.8) is 0 Å². The molecule has 3 aliphatic carbocycles. The number of aliphatic hydroxyl groups excluding tert-OH is 2. The molecule has 0 aromatic heterocycles. The second kappa shape index (κ2) is 13.2. The maximum Gasteiger partial charge on any atom is 0.251 e. The van der Waals surface area contributed by atoms with Crippen LogP contribution in [0, 0.1) is 34.9 Å². The van der Waals surface area contributed by atoms with Crippen LogP contribution in [0.1, 0.15) is 56.5 Å². The number of ether oxygens (including phenoxy) is 1. The zero-order chi connectivity index (χ0) is 32.8. The number of rotatable bonds is 11. The third-order valence-corrected chi connectivity index (χ3v) is 11.2. The molecule has 4 fully saturated rings. The van der Waals surface area contributed by atoms with Gasteiger partial charge in [-0.15, -0.1) is 0 Å². The molecular formula is C35H51FN4O5. The van der Waals surface area contributed by atoms with Gasteiger partial charge < -0.3 is 30.5 Å². The van der Waals surface area contributed by atoms with Crippen LogP contribution in [0.15, 0.2) is 30.3 Å². The summed E-state index contributed by atoms with van der Waals surface area (Å²) in [4.78, 5) is 20.8. The van der Waals surface area contributed by atoms with Crippen molar-refractivity contribution in [3.8, 4) is 16.9 Å². The van der Waals surface area contributed by atoms with Gasteiger partial charge in [-0.25, -0.2) is 4.39 Å². The van der Waals surface area contributed by atoms with Crippen molar-refractivity contribution in [2.45, 2.75) is 71.4 Å². The number of nitrogens with zero attached hydrogens (tertiary/aromatic N) is 2. The zero-order valence-electron chi connectivity index (χ0n) is 27.9. The van der Waals surface area contributed by atoms with Crippen LogP contribution in [-0.2, 0) is 11.4 Å². The van der Waals surface area contributed by atoms with Gasteiger partial charge in [-0.05, 0) is 78.8 Å². The minimum Gasteiger partial charge on any atom is -0.496 e. The topological polar surface area (TPSA) is 107 Å². The highest BCUT2D eigenvalue weighted by Crippen LogP contribution is 2.61. The Bertz CT molecular complexity index is 1380. The average Bonchev–Trinajstić information content (AvgIpc) is 3.37. The Morgan fingerprint density at radius 1 is 1.24 bits per heavy atom. The Labute approximate surface area is 267 Å². The number of anilines is 1. The first-order valence-corrected chi connectivity index (χ1v) is 16.2. The average molecular weight is 627 g/mol. The second-order valence-electron chi connectivity index (χ2n) is 14.1. The number of benzene rings is 2. The van der Waals surface area contributed by atoms with Crippen LogP contribution in [0.2, 0.25) is 0 Å². The van der Waals surface area contributed by atoms with E-state index in [9.17, 15) is 15.0 Å². The van der Waals surface area contributed by atoms with E-state index in [1.54, 1.807) is 37.2 Å². The maximum absolute atomic E-state index is 15.7. The molecule has 1 heterocycles. The predicted octanol–water partition coefficient (Wildman–Crippen LogP) is 4.06. The van der Waals surface area contributed by atoms with Gasteiger partial charge in [-0.2, -0.15) is 5.06 Å². The number of amides is 1. The molecule has 1 aliphatic heterocycles. The normalized spacial score (nSPS) is 29.6. The van der Waals surface area contributed by atoms with Gasteiger partial charge in [0.1, 0.15) is 17.7 Å². The highest BCUT2D eigenvalue weighted by atomic mass is 19.1. The number of halogens is 1. The van der Waals surface area contributed by atoms with E-state index < -0.39 is 18.0 Å². The number of methoxy groups -OCH3 is 1. The molecule has 2 bridgehead atoms. The first-order chi connectivity index (χ1) is 21.3. The van der Waals surface area contributed by atoms with Crippen LogP contribution in [0.5, 0.6) is 5.75 Å². The summed E-state index contributed by atoms with van der Waals surface area (Å²) in [6.07, 6.45) is 1.02. The van der Waals surface area contributed by atoms with Crippen LogP contribution in [-0.4, -0.2) is 86.9 Å². The van der Waals surface area contributed by atoms with Crippen LogP contribution in [0.25, 0.3) is 11.1 Å². The Kier molecular flexibility index (Phi) is 9.82. The molecule has 45 heavy (non-hydrogen) atoms. The summed E-state index contributed by atoms with van der Waals surface area (Å²) < 4.78 is 21.6. The summed E-state index contributed by atoms with van der Waals surface area (Å²) in [5, 5.41) is 29.3. The molecule has 2 aromatic rings. The lowest BCUT2D eigenvalue weighted by Crippen LogP contribution is -2.61. The molecule has 1 saturated heterocycles. The van der Waals surface area contributed by atoms with Gasteiger partial charge in [-0.3, -0.25) is 9.63 Å². The van der Waals surface area contributed by atoms with Gasteiger partial charge in [0, 0.05) is 62.0 Å². The molecule has 2 aromatic carbocycles. The van der Waals surface area contributed by atoms with E-state index in [2.05, 4.69) is 31.4 Å². The molecule has 3 saturated carbocycles. The molecule has 10 heteroatoms. The molecule has 8 atom stereocenters. The SMILES string of the molecule is CNC(=O)c1cc(-c2ccc(F)c(CN3O[C@@H](CO)[C@@H]([C@H](C)O)C3CN[C@H]3C[C@H]4C[C@@H]([C@@H]3C)C4(C)C)c2OC)cc(N(C)C)c1. The number of hydrogen-bond donors (Lipinski definition) is 4. The summed E-state index contributed by atoms with van der Waals surface area (Å²) in [7, 11) is 6.88. The van der Waals surface area contributed by atoms with Crippen LogP contribution >= 0.6 is 0 Å². The molecule has 0 spiro atoms. The van der Waals surface area contributed by atoms with Crippen LogP contribution < -0.4 is 20.3 Å². The number of nitrogens with one attached hydrogen (secondary N) is 2. The van der Waals surface area contributed by atoms with E-state index in [1.165, 1.54) is 19.6 Å². The first-order valence-electron chi connectivity index (χ1n) is 16.2. The van der Waals surface area contributed by atoms with E-state index in [4.69, 9.17) is 9.57 Å². The number of hydroxylamine groups is 2. The smallest absolute Gasteiger partial charge is 0.251 e. The Hall–Kier alpha value is -2.76. The molecule has 0 radical (unpaired) electrons. The highest BCUT2D eigenvalue weighted by Gasteiger charge is 2.56. The highest BCUT2D eigenvalue weighted by molar-refractivity contribution is 5.97. The van der Waals surface area contributed by atoms with Gasteiger partial charge >= 0.3 is 0 Å². The fraction of sp³-hybridized carbons (Fsp3) is 0.629. The van der Waals surface area contributed by atoms with Crippen molar-refractivity contribution in [1.29, 1.82) is 0 Å². The number of carbonyl (C=O) groups excluding carboxylic acids is 1. The quantitative estimate of drug-likeness (QED) is 0.296. The molecular weight excluding hydrogens is 575 g/mol. The van der Waals surface area contributed by atoms with Gasteiger partial charge in [-0.1, -0.05) is 20.8 Å². The number of hydrogen-bond acceptors (Lipinski definition) is 8. The van der Waals surface area contributed by atoms with Gasteiger partial charge in [0.15, 0.2) is 0 Å². The van der Waals surface area contributed by atoms with Crippen molar-refractivity contribution in [1.82, 2.24) is 15.7 Å². The summed E-state index contributed by atoms with van der Waals surface area (Å²) >= 11 is 0. The lowest BCUT2D eigenvalue weighted by atomic mass is 9.45. The largest absolute Gasteiger partial charge is 0.496 e. The predicted molar refractivity (Wildman–Crippen MR) is 174 cm³/mol. The molecule has 6 rings (SSSR count). The fourth-order valence-electron chi connectivity index (χ4n) is 8.30. The second-order valence-corrected chi connectivity index (χ2v) is 14.1. The van der Waals surface area contributed by atoms with Gasteiger partial charge in [0.05, 0.1) is 32.4 Å². The molecule has 1 amide bonds. The molecule has 9 nitrogen and oxygen atoms in total. The van der Waals surface area contributed by atoms with E-state index in [0.717, 1.165) is 12.1 Å². The van der Waals surface area contributed by atoms with Crippen molar-refractivity contribution in [2.24, 2.45) is 29.1 Å². The van der Waals surface area contributed by atoms with E-state index in [1.807, 2.05) is 25.1 Å². The van der Waals surface area contributed by atoms with E-state index in [0.29, 0.717) is 63.8 Å². The van der Waals surface area contributed by atoms with Crippen molar-refractivity contribution < 1.29 is 29.0 Å². The molecule has 1 unspecified atom stereocenters. The summed E-state index contributed by atoms with van der Waals surface area (Å²) in [6.45, 7) is 9.13. The van der Waals surface area contributed by atoms with Gasteiger partial charge in [0.2, 0.25) is 0 Å². The molecule has 4 aliphatic rings. The van der Waals surface area contributed by atoms with Crippen LogP contribution in [0.3, 0.4) is 0 Å².